The maximum Gasteiger partial charge on any atom is 0.336 e. The van der Waals surface area contributed by atoms with E-state index in [1.807, 2.05) is 38.2 Å². The van der Waals surface area contributed by atoms with Crippen molar-refractivity contribution in [3.8, 4) is 11.8 Å². The molecule has 0 aliphatic heterocycles. The fraction of sp³-hybridized carbons (Fsp3) is 0.450. The number of nitrogen functional groups attached to an aromatic ring is 1. The number of nitrogens with two attached hydrogens (primary N) is 1. The Kier molecular flexibility index (Phi) is 6.65. The first-order chi connectivity index (χ1) is 13.6. The lowest BCUT2D eigenvalue weighted by molar-refractivity contribution is 0.189. The second kappa shape index (κ2) is 9.36. The molecule has 1 aromatic carbocycles. The van der Waals surface area contributed by atoms with Gasteiger partial charge in [-0.25, -0.2) is 9.50 Å². The highest BCUT2D eigenvalue weighted by Crippen LogP contribution is 2.19. The van der Waals surface area contributed by atoms with Gasteiger partial charge in [0.2, 0.25) is 0 Å². The summed E-state index contributed by atoms with van der Waals surface area (Å²) in [4.78, 5) is 8.59. The summed E-state index contributed by atoms with van der Waals surface area (Å²) in [6.07, 6.45) is 4.43. The Morgan fingerprint density at radius 2 is 2.04 bits per heavy atom. The van der Waals surface area contributed by atoms with Gasteiger partial charge in [-0.05, 0) is 38.1 Å². The number of likely N-dealkylation sites (N-methyl/N-ethyl adjacent to an activating group) is 1. The molecule has 0 bridgehead atoms. The Labute approximate surface area is 165 Å². The highest BCUT2D eigenvalue weighted by atomic mass is 16.5. The molecule has 0 amide bonds. The topological polar surface area (TPSA) is 99.6 Å². The molecule has 0 spiro atoms. The van der Waals surface area contributed by atoms with Crippen molar-refractivity contribution in [1.82, 2.24) is 24.9 Å². The van der Waals surface area contributed by atoms with E-state index in [1.165, 1.54) is 0 Å². The van der Waals surface area contributed by atoms with Crippen LogP contribution in [0.3, 0.4) is 0 Å². The number of imidazole rings is 1. The van der Waals surface area contributed by atoms with E-state index in [1.54, 1.807) is 10.7 Å². The molecule has 28 heavy (non-hydrogen) atoms. The Balaban J connectivity index is 1.76. The average molecular weight is 384 g/mol. The number of rotatable bonds is 10. The second-order valence-corrected chi connectivity index (χ2v) is 6.75. The van der Waals surface area contributed by atoms with Crippen LogP contribution in [0, 0.1) is 0 Å². The van der Waals surface area contributed by atoms with Crippen LogP contribution in [0.1, 0.15) is 37.9 Å². The molecule has 3 N–H and O–H groups in total. The molecular formula is C20H28N6O2. The first kappa shape index (κ1) is 19.9. The number of ether oxygens (including phenoxy) is 2. The van der Waals surface area contributed by atoms with Gasteiger partial charge in [-0.15, -0.1) is 5.10 Å². The van der Waals surface area contributed by atoms with Gasteiger partial charge in [0.1, 0.15) is 12.4 Å². The maximum absolute atomic E-state index is 6.06. The zero-order chi connectivity index (χ0) is 19.9. The van der Waals surface area contributed by atoms with Gasteiger partial charge < -0.3 is 20.5 Å². The van der Waals surface area contributed by atoms with E-state index in [0.717, 1.165) is 36.4 Å². The first-order valence-corrected chi connectivity index (χ1v) is 9.63. The standard InChI is InChI=1S/C20H28N6O2/c1-4-5-14(2)28-20-24-18(21)19-23-13-16(26(19)25-20)12-15-6-8-17(9-7-15)27-11-10-22-3/h6-9,13-14,22H,4-5,10-12H2,1-3H3,(H2,21,24,25). The van der Waals surface area contributed by atoms with Crippen LogP contribution in [0.4, 0.5) is 5.82 Å². The summed E-state index contributed by atoms with van der Waals surface area (Å²) in [5.41, 5.74) is 8.64. The summed E-state index contributed by atoms with van der Waals surface area (Å²) in [6.45, 7) is 5.57. The summed E-state index contributed by atoms with van der Waals surface area (Å²) < 4.78 is 13.2. The van der Waals surface area contributed by atoms with E-state index in [4.69, 9.17) is 15.2 Å². The van der Waals surface area contributed by atoms with E-state index in [9.17, 15) is 0 Å². The molecule has 8 heteroatoms. The molecule has 1 atom stereocenters. The number of anilines is 1. The molecule has 0 radical (unpaired) electrons. The predicted molar refractivity (Wildman–Crippen MR) is 109 cm³/mol. The van der Waals surface area contributed by atoms with Crippen molar-refractivity contribution in [1.29, 1.82) is 0 Å². The minimum Gasteiger partial charge on any atom is -0.492 e. The quantitative estimate of drug-likeness (QED) is 0.518. The second-order valence-electron chi connectivity index (χ2n) is 6.75. The smallest absolute Gasteiger partial charge is 0.336 e. The molecule has 0 saturated heterocycles. The van der Waals surface area contributed by atoms with Crippen LogP contribution in [0.15, 0.2) is 30.5 Å². The summed E-state index contributed by atoms with van der Waals surface area (Å²) in [5.74, 6) is 1.16. The fourth-order valence-electron chi connectivity index (χ4n) is 2.93. The van der Waals surface area contributed by atoms with Crippen molar-refractivity contribution < 1.29 is 9.47 Å². The van der Waals surface area contributed by atoms with E-state index < -0.39 is 0 Å². The lowest BCUT2D eigenvalue weighted by Gasteiger charge is -2.12. The molecule has 150 valence electrons. The lowest BCUT2D eigenvalue weighted by atomic mass is 10.1. The number of nitrogens with zero attached hydrogens (tertiary/aromatic N) is 4. The van der Waals surface area contributed by atoms with Crippen molar-refractivity contribution >= 4 is 11.5 Å². The van der Waals surface area contributed by atoms with E-state index >= 15 is 0 Å². The summed E-state index contributed by atoms with van der Waals surface area (Å²) in [5, 5.41) is 7.55. The Morgan fingerprint density at radius 3 is 2.75 bits per heavy atom. The summed E-state index contributed by atoms with van der Waals surface area (Å²) in [6, 6.07) is 8.30. The van der Waals surface area contributed by atoms with Crippen LogP contribution in [-0.2, 0) is 6.42 Å². The van der Waals surface area contributed by atoms with E-state index in [0.29, 0.717) is 24.5 Å². The lowest BCUT2D eigenvalue weighted by Crippen LogP contribution is -2.16. The SMILES string of the molecule is CCCC(C)Oc1nc(N)c2ncc(Cc3ccc(OCCNC)cc3)n2n1. The molecule has 0 fully saturated rings. The van der Waals surface area contributed by atoms with Crippen LogP contribution in [-0.4, -0.2) is 45.9 Å². The minimum atomic E-state index is 0.0317. The van der Waals surface area contributed by atoms with Gasteiger partial charge in [-0.3, -0.25) is 0 Å². The monoisotopic (exact) mass is 384 g/mol. The van der Waals surface area contributed by atoms with Crippen LogP contribution >= 0.6 is 0 Å². The summed E-state index contributed by atoms with van der Waals surface area (Å²) >= 11 is 0. The minimum absolute atomic E-state index is 0.0317. The number of hydrogen-bond donors (Lipinski definition) is 2. The van der Waals surface area contributed by atoms with E-state index in [-0.39, 0.29) is 12.1 Å². The largest absolute Gasteiger partial charge is 0.492 e. The normalized spacial score (nSPS) is 12.2. The van der Waals surface area contributed by atoms with Crippen LogP contribution < -0.4 is 20.5 Å². The van der Waals surface area contributed by atoms with Crippen LogP contribution in [0.25, 0.3) is 5.65 Å². The van der Waals surface area contributed by atoms with Crippen molar-refractivity contribution in [2.75, 3.05) is 25.9 Å². The van der Waals surface area contributed by atoms with Gasteiger partial charge in [0.25, 0.3) is 0 Å². The highest BCUT2D eigenvalue weighted by molar-refractivity contribution is 5.59. The Bertz CT molecular complexity index is 894. The summed E-state index contributed by atoms with van der Waals surface area (Å²) in [7, 11) is 1.90. The zero-order valence-electron chi connectivity index (χ0n) is 16.7. The van der Waals surface area contributed by atoms with Crippen LogP contribution in [0.2, 0.25) is 0 Å². The molecule has 2 aromatic heterocycles. The molecule has 3 aromatic rings. The van der Waals surface area contributed by atoms with E-state index in [2.05, 4.69) is 27.3 Å². The number of fused-ring (bicyclic) bond motifs is 1. The van der Waals surface area contributed by atoms with Crippen molar-refractivity contribution in [3.63, 3.8) is 0 Å². The van der Waals surface area contributed by atoms with Gasteiger partial charge >= 0.3 is 6.01 Å². The maximum atomic E-state index is 6.06. The molecular weight excluding hydrogens is 356 g/mol. The fourth-order valence-corrected chi connectivity index (χ4v) is 2.93. The third kappa shape index (κ3) is 4.89. The molecule has 2 heterocycles. The molecule has 0 aliphatic rings. The van der Waals surface area contributed by atoms with Crippen molar-refractivity contribution in [2.24, 2.45) is 0 Å². The van der Waals surface area contributed by atoms with Gasteiger partial charge in [0, 0.05) is 13.0 Å². The van der Waals surface area contributed by atoms with Crippen LogP contribution in [0.5, 0.6) is 11.8 Å². The molecule has 0 aliphatic carbocycles. The first-order valence-electron chi connectivity index (χ1n) is 9.63. The third-order valence-electron chi connectivity index (χ3n) is 4.37. The van der Waals surface area contributed by atoms with Gasteiger partial charge in [-0.1, -0.05) is 25.5 Å². The zero-order valence-corrected chi connectivity index (χ0v) is 16.7. The Morgan fingerprint density at radius 1 is 1.25 bits per heavy atom. The Hall–Kier alpha value is -2.87. The van der Waals surface area contributed by atoms with Gasteiger partial charge in [0.15, 0.2) is 11.5 Å². The number of hydrogen-bond acceptors (Lipinski definition) is 7. The van der Waals surface area contributed by atoms with Gasteiger partial charge in [-0.2, -0.15) is 4.98 Å². The van der Waals surface area contributed by atoms with Crippen molar-refractivity contribution in [2.45, 2.75) is 39.2 Å². The highest BCUT2D eigenvalue weighted by Gasteiger charge is 2.14. The van der Waals surface area contributed by atoms with Gasteiger partial charge in [0.05, 0.1) is 18.0 Å². The molecule has 1 unspecified atom stereocenters. The number of aromatic nitrogens is 4. The number of benzene rings is 1. The predicted octanol–water partition coefficient (Wildman–Crippen LogP) is 2.46. The average Bonchev–Trinajstić information content (AvgIpc) is 3.07. The molecule has 3 rings (SSSR count). The van der Waals surface area contributed by atoms with Crippen molar-refractivity contribution in [3.05, 3.63) is 41.7 Å². The third-order valence-corrected chi connectivity index (χ3v) is 4.37. The molecule has 0 saturated carbocycles. The molecule has 8 nitrogen and oxygen atoms in total. The number of nitrogens with one attached hydrogen (secondary N) is 1.